The maximum absolute atomic E-state index is 14.6. The molecule has 1 aliphatic rings. The van der Waals surface area contributed by atoms with Gasteiger partial charge in [-0.3, -0.25) is 9.38 Å². The first-order chi connectivity index (χ1) is 13.3. The van der Waals surface area contributed by atoms with Crippen molar-refractivity contribution >= 4 is 11.5 Å². The third-order valence-electron chi connectivity index (χ3n) is 4.83. The van der Waals surface area contributed by atoms with Crippen LogP contribution in [0.3, 0.4) is 0 Å². The fourth-order valence-electron chi connectivity index (χ4n) is 3.30. The molecule has 9 heteroatoms. The van der Waals surface area contributed by atoms with Gasteiger partial charge < -0.3 is 15.7 Å². The van der Waals surface area contributed by atoms with Crippen LogP contribution in [0.1, 0.15) is 32.4 Å². The number of aliphatic hydroxyl groups is 1. The van der Waals surface area contributed by atoms with E-state index in [1.54, 1.807) is 24.4 Å². The van der Waals surface area contributed by atoms with Crippen LogP contribution >= 0.6 is 0 Å². The van der Waals surface area contributed by atoms with Gasteiger partial charge >= 0.3 is 0 Å². The fraction of sp³-hybridized carbons (Fsp3) is 0.421. The van der Waals surface area contributed by atoms with E-state index in [-0.39, 0.29) is 17.6 Å². The van der Waals surface area contributed by atoms with Crippen LogP contribution in [0.5, 0.6) is 0 Å². The Kier molecular flexibility index (Phi) is 4.72. The highest BCUT2D eigenvalue weighted by molar-refractivity contribution is 5.62. The topological polar surface area (TPSA) is 87.4 Å². The van der Waals surface area contributed by atoms with Crippen molar-refractivity contribution in [3.05, 3.63) is 42.0 Å². The van der Waals surface area contributed by atoms with Crippen molar-refractivity contribution in [3.63, 3.8) is 0 Å². The van der Waals surface area contributed by atoms with Crippen LogP contribution in [0.25, 0.3) is 17.0 Å². The molecule has 28 heavy (non-hydrogen) atoms. The third-order valence-corrected chi connectivity index (χ3v) is 4.83. The van der Waals surface area contributed by atoms with Crippen LogP contribution in [0, 0.1) is 11.6 Å². The molecule has 4 heterocycles. The largest absolute Gasteiger partial charge is 0.384 e. The molecule has 1 fully saturated rings. The molecule has 0 saturated carbocycles. The van der Waals surface area contributed by atoms with Crippen molar-refractivity contribution < 1.29 is 13.9 Å². The Morgan fingerprint density at radius 1 is 1.25 bits per heavy atom. The predicted molar refractivity (Wildman–Crippen MR) is 101 cm³/mol. The molecule has 0 aromatic carbocycles. The Balaban J connectivity index is 1.77. The number of aromatic nitrogens is 4. The van der Waals surface area contributed by atoms with Crippen LogP contribution < -0.4 is 10.6 Å². The quantitative estimate of drug-likeness (QED) is 0.637. The number of pyridine rings is 1. The summed E-state index contributed by atoms with van der Waals surface area (Å²) in [4.78, 5) is 12.6. The SMILES string of the molecule is CC(C)(O)c1cn2c(-c3nc(N[C@@H]4CCCNC4)c(F)cc3F)cnc2cn1. The maximum atomic E-state index is 14.6. The van der Waals surface area contributed by atoms with E-state index in [0.717, 1.165) is 25.5 Å². The van der Waals surface area contributed by atoms with Gasteiger partial charge in [0.1, 0.15) is 11.3 Å². The molecule has 148 valence electrons. The molecule has 7 nitrogen and oxygen atoms in total. The minimum absolute atomic E-state index is 0.0109. The second kappa shape index (κ2) is 7.06. The summed E-state index contributed by atoms with van der Waals surface area (Å²) in [6, 6.07) is 0.862. The van der Waals surface area contributed by atoms with Crippen LogP contribution in [0.2, 0.25) is 0 Å². The zero-order chi connectivity index (χ0) is 19.9. The number of fused-ring (bicyclic) bond motifs is 1. The molecule has 0 radical (unpaired) electrons. The number of hydrogen-bond donors (Lipinski definition) is 3. The Labute approximate surface area is 160 Å². The summed E-state index contributed by atoms with van der Waals surface area (Å²) in [5, 5.41) is 16.5. The van der Waals surface area contributed by atoms with Gasteiger partial charge in [-0.1, -0.05) is 0 Å². The van der Waals surface area contributed by atoms with Crippen molar-refractivity contribution in [1.29, 1.82) is 0 Å². The second-order valence-corrected chi connectivity index (χ2v) is 7.54. The fourth-order valence-corrected chi connectivity index (χ4v) is 3.30. The van der Waals surface area contributed by atoms with Crippen LogP contribution in [0.15, 0.2) is 24.7 Å². The lowest BCUT2D eigenvalue weighted by Crippen LogP contribution is -2.38. The highest BCUT2D eigenvalue weighted by Crippen LogP contribution is 2.27. The lowest BCUT2D eigenvalue weighted by molar-refractivity contribution is 0.0734. The monoisotopic (exact) mass is 388 g/mol. The normalized spacial score (nSPS) is 17.8. The highest BCUT2D eigenvalue weighted by Gasteiger charge is 2.22. The Hall–Kier alpha value is -2.65. The van der Waals surface area contributed by atoms with Gasteiger partial charge in [-0.15, -0.1) is 0 Å². The van der Waals surface area contributed by atoms with Gasteiger partial charge in [0, 0.05) is 24.8 Å². The summed E-state index contributed by atoms with van der Waals surface area (Å²) >= 11 is 0. The standard InChI is InChI=1S/C19H22F2N6O/c1-19(2,28)15-10-27-14(8-24-16(27)9-23-15)17-12(20)6-13(21)18(26-17)25-11-4-3-5-22-7-11/h6,8-11,22,28H,3-5,7H2,1-2H3,(H,25,26)/t11-/m1/s1. The predicted octanol–water partition coefficient (Wildman–Crippen LogP) is 2.46. The summed E-state index contributed by atoms with van der Waals surface area (Å²) < 4.78 is 30.5. The van der Waals surface area contributed by atoms with Gasteiger partial charge in [0.2, 0.25) is 0 Å². The second-order valence-electron chi connectivity index (χ2n) is 7.54. The molecule has 4 rings (SSSR count). The summed E-state index contributed by atoms with van der Waals surface area (Å²) in [5.74, 6) is -1.51. The van der Waals surface area contributed by atoms with E-state index in [2.05, 4.69) is 25.6 Å². The van der Waals surface area contributed by atoms with Gasteiger partial charge in [-0.25, -0.2) is 18.7 Å². The third kappa shape index (κ3) is 3.55. The highest BCUT2D eigenvalue weighted by atomic mass is 19.1. The maximum Gasteiger partial charge on any atom is 0.168 e. The first-order valence-electron chi connectivity index (χ1n) is 9.22. The molecule has 3 aromatic rings. The number of halogens is 2. The van der Waals surface area contributed by atoms with Crippen molar-refractivity contribution in [3.8, 4) is 11.4 Å². The number of rotatable bonds is 4. The van der Waals surface area contributed by atoms with Crippen LogP contribution in [-0.4, -0.2) is 43.6 Å². The van der Waals surface area contributed by atoms with E-state index in [1.807, 2.05) is 0 Å². The van der Waals surface area contributed by atoms with Gasteiger partial charge in [-0.05, 0) is 33.2 Å². The average molecular weight is 388 g/mol. The molecule has 0 bridgehead atoms. The summed E-state index contributed by atoms with van der Waals surface area (Å²) in [6.45, 7) is 4.84. The van der Waals surface area contributed by atoms with Gasteiger partial charge in [0.25, 0.3) is 0 Å². The number of imidazole rings is 1. The first-order valence-corrected chi connectivity index (χ1v) is 9.22. The number of piperidine rings is 1. The molecular formula is C19H22F2N6O. The lowest BCUT2D eigenvalue weighted by atomic mass is 10.1. The molecule has 3 aromatic heterocycles. The van der Waals surface area contributed by atoms with Crippen molar-refractivity contribution in [1.82, 2.24) is 24.7 Å². The molecule has 1 atom stereocenters. The van der Waals surface area contributed by atoms with Crippen LogP contribution in [-0.2, 0) is 5.60 Å². The Bertz CT molecular complexity index is 1010. The smallest absolute Gasteiger partial charge is 0.168 e. The first kappa shape index (κ1) is 18.7. The lowest BCUT2D eigenvalue weighted by Gasteiger charge is -2.24. The van der Waals surface area contributed by atoms with Gasteiger partial charge in [0.15, 0.2) is 23.1 Å². The van der Waals surface area contributed by atoms with Crippen molar-refractivity contribution in [2.24, 2.45) is 0 Å². The molecule has 0 unspecified atom stereocenters. The number of nitrogens with zero attached hydrogens (tertiary/aromatic N) is 4. The van der Waals surface area contributed by atoms with Crippen molar-refractivity contribution in [2.45, 2.75) is 38.3 Å². The zero-order valence-corrected chi connectivity index (χ0v) is 15.7. The Morgan fingerprint density at radius 3 is 2.79 bits per heavy atom. The van der Waals surface area contributed by atoms with E-state index < -0.39 is 17.2 Å². The minimum Gasteiger partial charge on any atom is -0.384 e. The van der Waals surface area contributed by atoms with Crippen molar-refractivity contribution in [2.75, 3.05) is 18.4 Å². The molecular weight excluding hydrogens is 366 g/mol. The zero-order valence-electron chi connectivity index (χ0n) is 15.7. The van der Waals surface area contributed by atoms with Gasteiger partial charge in [0.05, 0.1) is 23.8 Å². The summed E-state index contributed by atoms with van der Waals surface area (Å²) in [7, 11) is 0. The molecule has 1 saturated heterocycles. The molecule has 0 spiro atoms. The van der Waals surface area contributed by atoms with E-state index in [9.17, 15) is 13.9 Å². The van der Waals surface area contributed by atoms with E-state index in [4.69, 9.17) is 0 Å². The summed E-state index contributed by atoms with van der Waals surface area (Å²) in [5.41, 5.74) is 0.0248. The molecule has 3 N–H and O–H groups in total. The van der Waals surface area contributed by atoms with E-state index in [1.165, 1.54) is 12.4 Å². The summed E-state index contributed by atoms with van der Waals surface area (Å²) in [6.07, 6.45) is 6.40. The van der Waals surface area contributed by atoms with Gasteiger partial charge in [-0.2, -0.15) is 0 Å². The molecule has 0 aliphatic carbocycles. The Morgan fingerprint density at radius 2 is 2.07 bits per heavy atom. The minimum atomic E-state index is -1.18. The van der Waals surface area contributed by atoms with E-state index in [0.29, 0.717) is 23.6 Å². The average Bonchev–Trinajstić information content (AvgIpc) is 3.07. The number of hydrogen-bond acceptors (Lipinski definition) is 6. The molecule has 1 aliphatic heterocycles. The number of nitrogens with one attached hydrogen (secondary N) is 2. The van der Waals surface area contributed by atoms with E-state index >= 15 is 0 Å². The molecule has 0 amide bonds. The van der Waals surface area contributed by atoms with Crippen LogP contribution in [0.4, 0.5) is 14.6 Å². The number of anilines is 1.